The van der Waals surface area contributed by atoms with Crippen LogP contribution in [0.5, 0.6) is 0 Å². The number of nitrogens with one attached hydrogen (secondary N) is 1. The predicted octanol–water partition coefficient (Wildman–Crippen LogP) is 4.06. The summed E-state index contributed by atoms with van der Waals surface area (Å²) in [5.74, 6) is 2.03. The number of benzene rings is 1. The van der Waals surface area contributed by atoms with Gasteiger partial charge in [-0.3, -0.25) is 0 Å². The van der Waals surface area contributed by atoms with Crippen LogP contribution in [0.4, 0.5) is 0 Å². The Balaban J connectivity index is 1.88. The van der Waals surface area contributed by atoms with E-state index in [0.717, 1.165) is 30.2 Å². The minimum Gasteiger partial charge on any atom is -0.459 e. The van der Waals surface area contributed by atoms with Gasteiger partial charge in [-0.25, -0.2) is 0 Å². The fourth-order valence-corrected chi connectivity index (χ4v) is 2.59. The van der Waals surface area contributed by atoms with Gasteiger partial charge in [0, 0.05) is 10.9 Å². The summed E-state index contributed by atoms with van der Waals surface area (Å²) in [5, 5.41) is 4.88. The van der Waals surface area contributed by atoms with Crippen molar-refractivity contribution in [2.75, 3.05) is 6.54 Å². The molecule has 1 aliphatic rings. The first-order chi connectivity index (χ1) is 8.79. The lowest BCUT2D eigenvalue weighted by Crippen LogP contribution is -2.21. The zero-order chi connectivity index (χ0) is 12.5. The highest BCUT2D eigenvalue weighted by molar-refractivity contribution is 5.82. The van der Waals surface area contributed by atoms with Gasteiger partial charge in [-0.15, -0.1) is 0 Å². The largest absolute Gasteiger partial charge is 0.459 e. The zero-order valence-electron chi connectivity index (χ0n) is 11.2. The van der Waals surface area contributed by atoms with E-state index in [2.05, 4.69) is 37.4 Å². The predicted molar refractivity (Wildman–Crippen MR) is 74.7 cm³/mol. The van der Waals surface area contributed by atoms with Crippen LogP contribution < -0.4 is 5.32 Å². The molecule has 1 saturated carbocycles. The van der Waals surface area contributed by atoms with E-state index >= 15 is 0 Å². The molecule has 1 N–H and O–H groups in total. The molecule has 0 amide bonds. The lowest BCUT2D eigenvalue weighted by Gasteiger charge is -2.12. The Labute approximate surface area is 108 Å². The second kappa shape index (κ2) is 4.77. The molecule has 96 valence electrons. The van der Waals surface area contributed by atoms with Gasteiger partial charge in [-0.05, 0) is 44.7 Å². The Morgan fingerprint density at radius 2 is 2.11 bits per heavy atom. The highest BCUT2D eigenvalue weighted by Crippen LogP contribution is 2.32. The molecule has 0 spiro atoms. The lowest BCUT2D eigenvalue weighted by molar-refractivity contribution is 0.440. The van der Waals surface area contributed by atoms with Crippen molar-refractivity contribution in [3.8, 4) is 0 Å². The van der Waals surface area contributed by atoms with Crippen molar-refractivity contribution in [2.24, 2.45) is 5.92 Å². The quantitative estimate of drug-likeness (QED) is 0.856. The first-order valence-corrected chi connectivity index (χ1v) is 7.03. The van der Waals surface area contributed by atoms with Crippen LogP contribution in [0.3, 0.4) is 0 Å². The van der Waals surface area contributed by atoms with Gasteiger partial charge in [0.2, 0.25) is 0 Å². The molecule has 1 unspecified atom stereocenters. The molecule has 2 nitrogen and oxygen atoms in total. The van der Waals surface area contributed by atoms with E-state index in [1.54, 1.807) is 0 Å². The lowest BCUT2D eigenvalue weighted by atomic mass is 10.0. The number of hydrogen-bond acceptors (Lipinski definition) is 2. The second-order valence-corrected chi connectivity index (χ2v) is 5.37. The van der Waals surface area contributed by atoms with Crippen molar-refractivity contribution < 1.29 is 4.42 Å². The van der Waals surface area contributed by atoms with Gasteiger partial charge in [0.25, 0.3) is 0 Å². The average Bonchev–Trinajstić information content (AvgIpc) is 3.14. The minimum atomic E-state index is 0.313. The smallest absolute Gasteiger partial charge is 0.134 e. The molecule has 1 heterocycles. The number of furan rings is 1. The first-order valence-electron chi connectivity index (χ1n) is 7.03. The van der Waals surface area contributed by atoms with Crippen molar-refractivity contribution in [3.05, 3.63) is 35.6 Å². The molecule has 1 aliphatic carbocycles. The Bertz CT molecular complexity index is 539. The summed E-state index contributed by atoms with van der Waals surface area (Å²) >= 11 is 0. The molecule has 3 rings (SSSR count). The van der Waals surface area contributed by atoms with Gasteiger partial charge >= 0.3 is 0 Å². The van der Waals surface area contributed by atoms with Crippen LogP contribution >= 0.6 is 0 Å². The molecular weight excluding hydrogens is 222 g/mol. The van der Waals surface area contributed by atoms with E-state index in [9.17, 15) is 0 Å². The van der Waals surface area contributed by atoms with Gasteiger partial charge in [0.15, 0.2) is 0 Å². The number of rotatable bonds is 5. The van der Waals surface area contributed by atoms with Crippen LogP contribution in [-0.2, 0) is 6.42 Å². The van der Waals surface area contributed by atoms with Crippen molar-refractivity contribution in [3.63, 3.8) is 0 Å². The third-order valence-corrected chi connectivity index (χ3v) is 3.89. The molecule has 1 aromatic heterocycles. The van der Waals surface area contributed by atoms with E-state index in [-0.39, 0.29) is 0 Å². The third-order valence-electron chi connectivity index (χ3n) is 3.89. The SMILES string of the molecule is CCc1c(C(C)NCC2CC2)oc2ccccc12. The summed E-state index contributed by atoms with van der Waals surface area (Å²) in [7, 11) is 0. The highest BCUT2D eigenvalue weighted by atomic mass is 16.3. The van der Waals surface area contributed by atoms with E-state index in [1.807, 2.05) is 6.07 Å². The van der Waals surface area contributed by atoms with Crippen LogP contribution in [0.15, 0.2) is 28.7 Å². The molecule has 0 saturated heterocycles. The van der Waals surface area contributed by atoms with Crippen LogP contribution in [-0.4, -0.2) is 6.54 Å². The van der Waals surface area contributed by atoms with Gasteiger partial charge in [0.05, 0.1) is 6.04 Å². The molecular formula is C16H21NO. The molecule has 1 fully saturated rings. The molecule has 2 aromatic rings. The Hall–Kier alpha value is -1.28. The van der Waals surface area contributed by atoms with E-state index in [0.29, 0.717) is 6.04 Å². The monoisotopic (exact) mass is 243 g/mol. The maximum atomic E-state index is 6.04. The normalized spacial score (nSPS) is 17.2. The molecule has 1 aromatic carbocycles. The van der Waals surface area contributed by atoms with E-state index in [4.69, 9.17) is 4.42 Å². The standard InChI is InChI=1S/C16H21NO/c1-3-13-14-6-4-5-7-15(14)18-16(13)11(2)17-10-12-8-9-12/h4-7,11-12,17H,3,8-10H2,1-2H3. The molecule has 0 radical (unpaired) electrons. The summed E-state index contributed by atoms with van der Waals surface area (Å²) in [5.41, 5.74) is 2.38. The Morgan fingerprint density at radius 1 is 1.33 bits per heavy atom. The maximum Gasteiger partial charge on any atom is 0.134 e. The minimum absolute atomic E-state index is 0.313. The van der Waals surface area contributed by atoms with Crippen LogP contribution in [0.1, 0.15) is 44.1 Å². The van der Waals surface area contributed by atoms with Crippen molar-refractivity contribution >= 4 is 11.0 Å². The van der Waals surface area contributed by atoms with Crippen LogP contribution in [0, 0.1) is 5.92 Å². The third kappa shape index (κ3) is 2.17. The summed E-state index contributed by atoms with van der Waals surface area (Å²) in [6.45, 7) is 5.54. The fourth-order valence-electron chi connectivity index (χ4n) is 2.59. The van der Waals surface area contributed by atoms with Gasteiger partial charge in [-0.1, -0.05) is 25.1 Å². The topological polar surface area (TPSA) is 25.2 Å². The average molecular weight is 243 g/mol. The van der Waals surface area contributed by atoms with E-state index in [1.165, 1.54) is 23.8 Å². The molecule has 2 heteroatoms. The van der Waals surface area contributed by atoms with Crippen molar-refractivity contribution in [1.29, 1.82) is 0 Å². The maximum absolute atomic E-state index is 6.04. The van der Waals surface area contributed by atoms with Crippen molar-refractivity contribution in [1.82, 2.24) is 5.32 Å². The second-order valence-electron chi connectivity index (χ2n) is 5.37. The number of fused-ring (bicyclic) bond motifs is 1. The Morgan fingerprint density at radius 3 is 2.83 bits per heavy atom. The zero-order valence-corrected chi connectivity index (χ0v) is 11.2. The molecule has 0 bridgehead atoms. The van der Waals surface area contributed by atoms with Gasteiger partial charge in [-0.2, -0.15) is 0 Å². The van der Waals surface area contributed by atoms with Gasteiger partial charge in [0.1, 0.15) is 11.3 Å². The summed E-state index contributed by atoms with van der Waals surface area (Å²) in [4.78, 5) is 0. The first kappa shape index (κ1) is 11.8. The molecule has 18 heavy (non-hydrogen) atoms. The summed E-state index contributed by atoms with van der Waals surface area (Å²) < 4.78 is 6.04. The summed E-state index contributed by atoms with van der Waals surface area (Å²) in [6, 6.07) is 8.66. The molecule has 0 aliphatic heterocycles. The van der Waals surface area contributed by atoms with Gasteiger partial charge < -0.3 is 9.73 Å². The Kier molecular flexibility index (Phi) is 3.13. The number of hydrogen-bond donors (Lipinski definition) is 1. The number of para-hydroxylation sites is 1. The summed E-state index contributed by atoms with van der Waals surface area (Å²) in [6.07, 6.45) is 3.81. The van der Waals surface area contributed by atoms with Crippen molar-refractivity contribution in [2.45, 2.75) is 39.2 Å². The fraction of sp³-hybridized carbons (Fsp3) is 0.500. The van der Waals surface area contributed by atoms with E-state index < -0.39 is 0 Å². The molecule has 1 atom stereocenters. The number of aryl methyl sites for hydroxylation is 1. The van der Waals surface area contributed by atoms with Crippen LogP contribution in [0.25, 0.3) is 11.0 Å². The van der Waals surface area contributed by atoms with Crippen LogP contribution in [0.2, 0.25) is 0 Å². The highest BCUT2D eigenvalue weighted by Gasteiger charge is 2.23.